The molecule has 4 heterocycles. The third-order valence-corrected chi connectivity index (χ3v) is 5.94. The fourth-order valence-corrected chi connectivity index (χ4v) is 4.62. The van der Waals surface area contributed by atoms with E-state index >= 15 is 0 Å². The van der Waals surface area contributed by atoms with Gasteiger partial charge in [0.1, 0.15) is 0 Å². The highest BCUT2D eigenvalue weighted by molar-refractivity contribution is 6.09. The van der Waals surface area contributed by atoms with Crippen LogP contribution < -0.4 is 4.74 Å². The number of benzene rings is 1. The van der Waals surface area contributed by atoms with E-state index in [0.29, 0.717) is 42.0 Å². The van der Waals surface area contributed by atoms with Crippen LogP contribution in [0.15, 0.2) is 24.4 Å². The molecule has 2 bridgehead atoms. The molecule has 0 aliphatic carbocycles. The highest BCUT2D eigenvalue weighted by atomic mass is 35.5. The summed E-state index contributed by atoms with van der Waals surface area (Å²) in [7, 11) is 1.33. The van der Waals surface area contributed by atoms with E-state index < -0.39 is 17.7 Å². The minimum atomic E-state index is -4.62. The van der Waals surface area contributed by atoms with Crippen LogP contribution in [0.25, 0.3) is 21.8 Å². The molecule has 0 radical (unpaired) electrons. The van der Waals surface area contributed by atoms with Gasteiger partial charge in [0.25, 0.3) is 0 Å². The van der Waals surface area contributed by atoms with Gasteiger partial charge in [-0.15, -0.1) is 12.4 Å². The maximum atomic E-state index is 14.3. The van der Waals surface area contributed by atoms with Gasteiger partial charge in [0.05, 0.1) is 30.9 Å². The second-order valence-corrected chi connectivity index (χ2v) is 7.55. The zero-order valence-electron chi connectivity index (χ0n) is 16.1. The first kappa shape index (κ1) is 21.1. The summed E-state index contributed by atoms with van der Waals surface area (Å²) in [6, 6.07) is 4.50. The van der Waals surface area contributed by atoms with Gasteiger partial charge < -0.3 is 14.0 Å². The zero-order valence-corrected chi connectivity index (χ0v) is 16.9. The summed E-state index contributed by atoms with van der Waals surface area (Å²) in [6.07, 6.45) is -2.33. The molecule has 10 heteroatoms. The second-order valence-electron chi connectivity index (χ2n) is 7.55. The smallest absolute Gasteiger partial charge is 0.435 e. The van der Waals surface area contributed by atoms with Gasteiger partial charge in [-0.05, 0) is 18.6 Å². The second kappa shape index (κ2) is 7.55. The number of pyridine rings is 1. The molecule has 2 saturated heterocycles. The van der Waals surface area contributed by atoms with E-state index in [4.69, 9.17) is 9.47 Å². The molecule has 30 heavy (non-hydrogen) atoms. The maximum Gasteiger partial charge on any atom is 0.435 e. The molecule has 0 saturated carbocycles. The summed E-state index contributed by atoms with van der Waals surface area (Å²) in [5.41, 5.74) is -0.488. The zero-order chi connectivity index (χ0) is 20.3. The Balaban J connectivity index is 0.00000218. The van der Waals surface area contributed by atoms with E-state index in [0.717, 1.165) is 19.2 Å². The summed E-state index contributed by atoms with van der Waals surface area (Å²) in [4.78, 5) is 5.86. The highest BCUT2D eigenvalue weighted by Crippen LogP contribution is 2.39. The molecule has 162 valence electrons. The van der Waals surface area contributed by atoms with Gasteiger partial charge in [-0.2, -0.15) is 13.2 Å². The molecule has 2 atom stereocenters. The van der Waals surface area contributed by atoms with Crippen molar-refractivity contribution in [3.8, 4) is 5.75 Å². The van der Waals surface area contributed by atoms with Crippen molar-refractivity contribution >= 4 is 34.2 Å². The first-order valence-electron chi connectivity index (χ1n) is 9.44. The Labute approximate surface area is 176 Å². The molecule has 0 spiro atoms. The van der Waals surface area contributed by atoms with E-state index in [1.807, 2.05) is 0 Å². The third-order valence-electron chi connectivity index (χ3n) is 5.94. The van der Waals surface area contributed by atoms with Crippen molar-refractivity contribution in [2.45, 2.75) is 31.3 Å². The average molecular weight is 446 g/mol. The lowest BCUT2D eigenvalue weighted by Gasteiger charge is -2.27. The van der Waals surface area contributed by atoms with Gasteiger partial charge in [0.2, 0.25) is 0 Å². The molecular weight excluding hydrogens is 426 g/mol. The number of ether oxygens (including phenoxy) is 2. The van der Waals surface area contributed by atoms with Gasteiger partial charge >= 0.3 is 6.18 Å². The van der Waals surface area contributed by atoms with Gasteiger partial charge in [-0.25, -0.2) is 9.37 Å². The van der Waals surface area contributed by atoms with Crippen molar-refractivity contribution in [3.05, 3.63) is 35.9 Å². The molecule has 2 aliphatic heterocycles. The van der Waals surface area contributed by atoms with E-state index in [1.165, 1.54) is 25.3 Å². The van der Waals surface area contributed by atoms with Crippen LogP contribution >= 0.6 is 12.4 Å². The first-order chi connectivity index (χ1) is 13.9. The molecule has 3 aromatic rings. The Morgan fingerprint density at radius 2 is 2.03 bits per heavy atom. The first-order valence-corrected chi connectivity index (χ1v) is 9.44. The van der Waals surface area contributed by atoms with Crippen molar-refractivity contribution in [2.75, 3.05) is 26.8 Å². The number of hydrogen-bond donors (Lipinski definition) is 0. The lowest BCUT2D eigenvalue weighted by Crippen LogP contribution is -2.38. The summed E-state index contributed by atoms with van der Waals surface area (Å²) in [5.74, 6) is -0.616. The number of nitrogens with zero attached hydrogens (tertiary/aromatic N) is 3. The molecule has 2 aliphatic rings. The van der Waals surface area contributed by atoms with Crippen molar-refractivity contribution in [1.29, 1.82) is 0 Å². The van der Waals surface area contributed by atoms with E-state index in [9.17, 15) is 17.6 Å². The topological polar surface area (TPSA) is 39.5 Å². The van der Waals surface area contributed by atoms with Gasteiger partial charge in [0, 0.05) is 48.7 Å². The maximum absolute atomic E-state index is 14.3. The standard InChI is InChI=1S/C20H19F4N3O2.ClH/c1-28-17-8-16-14(7-15(17)21)13-2-3-25-19(20(22,23)24)18(13)27(16)5-4-26-9-12-6-11(26)10-29-12;/h2-3,7-8,11-12H,4-6,9-10H2,1H3;1H. The predicted molar refractivity (Wildman–Crippen MR) is 106 cm³/mol. The lowest BCUT2D eigenvalue weighted by atomic mass is 10.1. The monoisotopic (exact) mass is 445 g/mol. The lowest BCUT2D eigenvalue weighted by molar-refractivity contribution is -0.140. The average Bonchev–Trinajstić information content (AvgIpc) is 3.38. The van der Waals surface area contributed by atoms with Crippen molar-refractivity contribution in [2.24, 2.45) is 0 Å². The number of aromatic nitrogens is 2. The van der Waals surface area contributed by atoms with Crippen LogP contribution in [0.1, 0.15) is 12.1 Å². The number of alkyl halides is 3. The van der Waals surface area contributed by atoms with Crippen LogP contribution in [0.3, 0.4) is 0 Å². The molecule has 5 rings (SSSR count). The molecule has 0 N–H and O–H groups in total. The molecular formula is C20H20ClF4N3O2. The number of fused-ring (bicyclic) bond motifs is 5. The molecule has 2 aromatic heterocycles. The number of morpholine rings is 1. The molecule has 2 unspecified atom stereocenters. The molecule has 0 amide bonds. The number of likely N-dealkylation sites (tertiary alicyclic amines) is 1. The predicted octanol–water partition coefficient (Wildman–Crippen LogP) is 4.25. The van der Waals surface area contributed by atoms with Crippen molar-refractivity contribution in [1.82, 2.24) is 14.5 Å². The van der Waals surface area contributed by atoms with Crippen molar-refractivity contribution in [3.63, 3.8) is 0 Å². The minimum Gasteiger partial charge on any atom is -0.494 e. The van der Waals surface area contributed by atoms with Gasteiger partial charge in [-0.1, -0.05) is 0 Å². The highest BCUT2D eigenvalue weighted by Gasteiger charge is 2.39. The normalized spacial score (nSPS) is 21.5. The van der Waals surface area contributed by atoms with Crippen LogP contribution in [0.4, 0.5) is 17.6 Å². The number of rotatable bonds is 4. The van der Waals surface area contributed by atoms with Crippen molar-refractivity contribution < 1.29 is 27.0 Å². The minimum absolute atomic E-state index is 0. The van der Waals surface area contributed by atoms with E-state index in [1.54, 1.807) is 4.57 Å². The number of hydrogen-bond acceptors (Lipinski definition) is 4. The molecule has 2 fully saturated rings. The van der Waals surface area contributed by atoms with Gasteiger partial charge in [-0.3, -0.25) is 4.90 Å². The Kier molecular flexibility index (Phi) is 5.32. The summed E-state index contributed by atoms with van der Waals surface area (Å²) < 4.78 is 67.7. The Bertz CT molecular complexity index is 1100. The Hall–Kier alpha value is -2.10. The van der Waals surface area contributed by atoms with E-state index in [-0.39, 0.29) is 29.8 Å². The fraction of sp³-hybridized carbons (Fsp3) is 0.450. The fourth-order valence-electron chi connectivity index (χ4n) is 4.62. The van der Waals surface area contributed by atoms with Gasteiger partial charge in [0.15, 0.2) is 17.3 Å². The Morgan fingerprint density at radius 3 is 2.67 bits per heavy atom. The van der Waals surface area contributed by atoms with Crippen LogP contribution in [-0.2, 0) is 17.5 Å². The van der Waals surface area contributed by atoms with E-state index in [2.05, 4.69) is 9.88 Å². The van der Waals surface area contributed by atoms with Crippen LogP contribution in [0.5, 0.6) is 5.75 Å². The quantitative estimate of drug-likeness (QED) is 0.563. The summed E-state index contributed by atoms with van der Waals surface area (Å²) in [5, 5.41) is 0.743. The molecule has 5 nitrogen and oxygen atoms in total. The third kappa shape index (κ3) is 3.29. The van der Waals surface area contributed by atoms with Crippen LogP contribution in [0, 0.1) is 5.82 Å². The van der Waals surface area contributed by atoms with Crippen LogP contribution in [0.2, 0.25) is 0 Å². The van der Waals surface area contributed by atoms with Crippen LogP contribution in [-0.4, -0.2) is 53.4 Å². The SMILES string of the molecule is COc1cc2c(cc1F)c1ccnc(C(F)(F)F)c1n2CCN1CC2CC1CO2.Cl. The molecule has 1 aromatic carbocycles. The Morgan fingerprint density at radius 1 is 1.23 bits per heavy atom. The summed E-state index contributed by atoms with van der Waals surface area (Å²) >= 11 is 0. The largest absolute Gasteiger partial charge is 0.494 e. The summed E-state index contributed by atoms with van der Waals surface area (Å²) in [6.45, 7) is 2.35. The number of halogens is 5. The number of methoxy groups -OCH3 is 1.